The van der Waals surface area contributed by atoms with Crippen molar-refractivity contribution in [2.45, 2.75) is 24.2 Å². The van der Waals surface area contributed by atoms with Gasteiger partial charge in [0.2, 0.25) is 0 Å². The molecule has 0 aliphatic heterocycles. The van der Waals surface area contributed by atoms with Crippen LogP contribution < -0.4 is 0 Å². The first kappa shape index (κ1) is 10.8. The van der Waals surface area contributed by atoms with Crippen molar-refractivity contribution in [3.63, 3.8) is 0 Å². The first-order chi connectivity index (χ1) is 7.60. The highest BCUT2D eigenvalue weighted by Crippen LogP contribution is 2.57. The predicted molar refractivity (Wildman–Crippen MR) is 77.6 cm³/mol. The molecule has 0 saturated heterocycles. The van der Waals surface area contributed by atoms with Gasteiger partial charge in [-0.25, -0.2) is 0 Å². The SMILES string of the molecule is CC1(C)C2=CC(I)CC=C2C2C=CC=CC21. The van der Waals surface area contributed by atoms with E-state index >= 15 is 0 Å². The van der Waals surface area contributed by atoms with Crippen molar-refractivity contribution in [1.82, 2.24) is 0 Å². The van der Waals surface area contributed by atoms with Gasteiger partial charge in [0.05, 0.1) is 0 Å². The molecule has 3 aliphatic carbocycles. The van der Waals surface area contributed by atoms with Crippen LogP contribution in [0.2, 0.25) is 0 Å². The number of rotatable bonds is 0. The Hall–Kier alpha value is -0.310. The maximum atomic E-state index is 2.55. The molecule has 1 heteroatoms. The number of allylic oxidation sites excluding steroid dienone is 8. The third kappa shape index (κ3) is 1.40. The van der Waals surface area contributed by atoms with E-state index in [1.807, 2.05) is 0 Å². The van der Waals surface area contributed by atoms with Crippen LogP contribution >= 0.6 is 22.6 Å². The van der Waals surface area contributed by atoms with Gasteiger partial charge in [-0.2, -0.15) is 0 Å². The van der Waals surface area contributed by atoms with Gasteiger partial charge in [0.15, 0.2) is 0 Å². The zero-order chi connectivity index (χ0) is 11.3. The average Bonchev–Trinajstić information content (AvgIpc) is 2.49. The molecular formula is C15H17I. The topological polar surface area (TPSA) is 0 Å². The minimum atomic E-state index is 0.307. The zero-order valence-corrected chi connectivity index (χ0v) is 11.9. The normalized spacial score (nSPS) is 38.8. The Morgan fingerprint density at radius 2 is 2.00 bits per heavy atom. The summed E-state index contributed by atoms with van der Waals surface area (Å²) in [7, 11) is 0. The molecule has 0 amide bonds. The number of hydrogen-bond donors (Lipinski definition) is 0. The largest absolute Gasteiger partial charge is 0.0796 e. The Kier molecular flexibility index (Phi) is 2.43. The zero-order valence-electron chi connectivity index (χ0n) is 9.78. The molecule has 0 N–H and O–H groups in total. The van der Waals surface area contributed by atoms with Crippen LogP contribution in [0, 0.1) is 17.3 Å². The summed E-state index contributed by atoms with van der Waals surface area (Å²) < 4.78 is 0.684. The van der Waals surface area contributed by atoms with Crippen molar-refractivity contribution in [2.24, 2.45) is 17.3 Å². The lowest BCUT2D eigenvalue weighted by Gasteiger charge is -2.29. The molecule has 3 rings (SSSR count). The fourth-order valence-electron chi connectivity index (χ4n) is 3.37. The van der Waals surface area contributed by atoms with Crippen LogP contribution in [0.15, 0.2) is 47.6 Å². The van der Waals surface area contributed by atoms with Crippen molar-refractivity contribution in [3.05, 3.63) is 47.6 Å². The quantitative estimate of drug-likeness (QED) is 0.456. The molecule has 16 heavy (non-hydrogen) atoms. The second-order valence-electron chi connectivity index (χ2n) is 5.53. The van der Waals surface area contributed by atoms with Gasteiger partial charge in [0.1, 0.15) is 0 Å². The minimum absolute atomic E-state index is 0.307. The molecule has 0 spiro atoms. The molecule has 3 atom stereocenters. The van der Waals surface area contributed by atoms with Gasteiger partial charge in [-0.15, -0.1) is 0 Å². The summed E-state index contributed by atoms with van der Waals surface area (Å²) in [5.41, 5.74) is 3.51. The van der Waals surface area contributed by atoms with Gasteiger partial charge >= 0.3 is 0 Å². The maximum absolute atomic E-state index is 2.55. The van der Waals surface area contributed by atoms with E-state index in [9.17, 15) is 0 Å². The second-order valence-corrected chi connectivity index (χ2v) is 7.13. The molecule has 0 nitrogen and oxygen atoms in total. The molecular weight excluding hydrogens is 307 g/mol. The summed E-state index contributed by atoms with van der Waals surface area (Å²) in [4.78, 5) is 0. The third-order valence-electron chi connectivity index (χ3n) is 4.24. The average molecular weight is 324 g/mol. The lowest BCUT2D eigenvalue weighted by Crippen LogP contribution is -2.21. The molecule has 0 aromatic carbocycles. The van der Waals surface area contributed by atoms with Crippen LogP contribution in [0.25, 0.3) is 0 Å². The third-order valence-corrected chi connectivity index (χ3v) is 5.11. The van der Waals surface area contributed by atoms with Crippen molar-refractivity contribution in [2.75, 3.05) is 0 Å². The molecule has 0 bridgehead atoms. The Balaban J connectivity index is 2.13. The predicted octanol–water partition coefficient (Wildman–Crippen LogP) is 4.44. The lowest BCUT2D eigenvalue weighted by molar-refractivity contribution is 0.333. The van der Waals surface area contributed by atoms with Crippen molar-refractivity contribution in [3.8, 4) is 0 Å². The fourth-order valence-corrected chi connectivity index (χ4v) is 3.98. The van der Waals surface area contributed by atoms with Gasteiger partial charge in [-0.1, -0.05) is 72.9 Å². The summed E-state index contributed by atoms with van der Waals surface area (Å²) in [6.45, 7) is 4.80. The molecule has 84 valence electrons. The van der Waals surface area contributed by atoms with Crippen LogP contribution in [-0.2, 0) is 0 Å². The van der Waals surface area contributed by atoms with Crippen LogP contribution in [0.5, 0.6) is 0 Å². The van der Waals surface area contributed by atoms with E-state index in [-0.39, 0.29) is 0 Å². The van der Waals surface area contributed by atoms with E-state index in [1.165, 1.54) is 6.42 Å². The van der Waals surface area contributed by atoms with E-state index in [0.717, 1.165) is 0 Å². The van der Waals surface area contributed by atoms with E-state index < -0.39 is 0 Å². The number of halogens is 1. The van der Waals surface area contributed by atoms with Crippen LogP contribution in [0.4, 0.5) is 0 Å². The summed E-state index contributed by atoms with van der Waals surface area (Å²) >= 11 is 2.55. The van der Waals surface area contributed by atoms with Gasteiger partial charge < -0.3 is 0 Å². The van der Waals surface area contributed by atoms with Gasteiger partial charge in [-0.05, 0) is 28.9 Å². The van der Waals surface area contributed by atoms with E-state index in [0.29, 0.717) is 21.2 Å². The van der Waals surface area contributed by atoms with E-state index in [4.69, 9.17) is 0 Å². The van der Waals surface area contributed by atoms with Crippen LogP contribution in [0.3, 0.4) is 0 Å². The van der Waals surface area contributed by atoms with Crippen molar-refractivity contribution < 1.29 is 0 Å². The lowest BCUT2D eigenvalue weighted by atomic mass is 9.75. The Morgan fingerprint density at radius 1 is 1.25 bits per heavy atom. The summed E-state index contributed by atoms with van der Waals surface area (Å²) in [5.74, 6) is 1.30. The molecule has 3 unspecified atom stereocenters. The van der Waals surface area contributed by atoms with Gasteiger partial charge in [0.25, 0.3) is 0 Å². The molecule has 1 fully saturated rings. The smallest absolute Gasteiger partial charge is 0.0330 e. The standard InChI is InChI=1S/C15H17I/c1-15(2)13-6-4-3-5-11(13)12-8-7-10(16)9-14(12)15/h3-6,8-11,13H,7H2,1-2H3. The summed E-state index contributed by atoms with van der Waals surface area (Å²) in [6.07, 6.45) is 15.4. The second kappa shape index (κ2) is 3.59. The van der Waals surface area contributed by atoms with Crippen molar-refractivity contribution in [1.29, 1.82) is 0 Å². The number of hydrogen-bond acceptors (Lipinski definition) is 0. The van der Waals surface area contributed by atoms with Gasteiger partial charge in [-0.3, -0.25) is 0 Å². The van der Waals surface area contributed by atoms with E-state index in [2.05, 4.69) is 72.9 Å². The van der Waals surface area contributed by atoms with Gasteiger partial charge in [0, 0.05) is 9.84 Å². The van der Waals surface area contributed by atoms with E-state index in [1.54, 1.807) is 11.1 Å². The summed E-state index contributed by atoms with van der Waals surface area (Å²) in [6, 6.07) is 0. The first-order valence-corrected chi connectivity index (χ1v) is 7.27. The fraction of sp³-hybridized carbons (Fsp3) is 0.467. The number of alkyl halides is 1. The Bertz CT molecular complexity index is 434. The highest BCUT2D eigenvalue weighted by atomic mass is 127. The molecule has 1 saturated carbocycles. The highest BCUT2D eigenvalue weighted by molar-refractivity contribution is 14.1. The molecule has 0 radical (unpaired) electrons. The van der Waals surface area contributed by atoms with Crippen LogP contribution in [0.1, 0.15) is 20.3 Å². The molecule has 3 aliphatic rings. The Labute approximate surface area is 111 Å². The molecule has 0 aromatic rings. The first-order valence-electron chi connectivity index (χ1n) is 6.02. The monoisotopic (exact) mass is 324 g/mol. The highest BCUT2D eigenvalue weighted by Gasteiger charge is 2.47. The molecule has 0 heterocycles. The Morgan fingerprint density at radius 3 is 2.81 bits per heavy atom. The molecule has 0 aromatic heterocycles. The van der Waals surface area contributed by atoms with Crippen LogP contribution in [-0.4, -0.2) is 3.92 Å². The summed E-state index contributed by atoms with van der Waals surface area (Å²) in [5, 5.41) is 0. The number of fused-ring (bicyclic) bond motifs is 3. The maximum Gasteiger partial charge on any atom is 0.0330 e. The minimum Gasteiger partial charge on any atom is -0.0796 e. The van der Waals surface area contributed by atoms with Crippen molar-refractivity contribution >= 4 is 22.6 Å².